The van der Waals surface area contributed by atoms with Gasteiger partial charge in [-0.25, -0.2) is 0 Å². The van der Waals surface area contributed by atoms with Crippen LogP contribution >= 0.6 is 0 Å². The van der Waals surface area contributed by atoms with E-state index in [0.717, 1.165) is 58.4 Å². The summed E-state index contributed by atoms with van der Waals surface area (Å²) in [5.41, 5.74) is 1.96. The van der Waals surface area contributed by atoms with Gasteiger partial charge < -0.3 is 15.1 Å². The molecule has 3 fully saturated rings. The molecule has 0 radical (unpaired) electrons. The second-order valence-electron chi connectivity index (χ2n) is 9.90. The van der Waals surface area contributed by atoms with Gasteiger partial charge in [0, 0.05) is 56.6 Å². The number of piperazine rings is 1. The van der Waals surface area contributed by atoms with Crippen molar-refractivity contribution in [2.45, 2.75) is 44.2 Å². The van der Waals surface area contributed by atoms with Crippen molar-refractivity contribution in [2.24, 2.45) is 5.92 Å². The molecule has 0 aromatic heterocycles. The summed E-state index contributed by atoms with van der Waals surface area (Å²) in [7, 11) is 0. The summed E-state index contributed by atoms with van der Waals surface area (Å²) in [6.45, 7) is 5.48. The Kier molecular flexibility index (Phi) is 7.14. The smallest absolute Gasteiger partial charge is 0.254 e. The number of rotatable bonds is 6. The molecule has 5 rings (SSSR count). The van der Waals surface area contributed by atoms with Crippen LogP contribution in [0.25, 0.3) is 0 Å². The van der Waals surface area contributed by atoms with Gasteiger partial charge in [0.2, 0.25) is 5.91 Å². The molecule has 2 aromatic rings. The Hall–Kier alpha value is -2.86. The van der Waals surface area contributed by atoms with Gasteiger partial charge in [0.1, 0.15) is 6.04 Å². The van der Waals surface area contributed by atoms with Gasteiger partial charge in [-0.05, 0) is 49.4 Å². The number of benzene rings is 2. The molecule has 2 saturated heterocycles. The number of hydrogen-bond donors (Lipinski definition) is 1. The quantitative estimate of drug-likeness (QED) is 0.718. The maximum atomic E-state index is 13.4. The zero-order valence-electron chi connectivity index (χ0n) is 19.9. The molecule has 1 saturated carbocycles. The maximum Gasteiger partial charge on any atom is 0.254 e. The van der Waals surface area contributed by atoms with Crippen LogP contribution < -0.4 is 10.2 Å². The highest BCUT2D eigenvalue weighted by Gasteiger charge is 2.47. The Morgan fingerprint density at radius 1 is 0.853 bits per heavy atom. The zero-order chi connectivity index (χ0) is 23.3. The van der Waals surface area contributed by atoms with Crippen molar-refractivity contribution in [3.63, 3.8) is 0 Å². The topological polar surface area (TPSA) is 55.9 Å². The van der Waals surface area contributed by atoms with Crippen LogP contribution in [0.3, 0.4) is 0 Å². The van der Waals surface area contributed by atoms with E-state index in [1.54, 1.807) is 0 Å². The van der Waals surface area contributed by atoms with E-state index in [0.29, 0.717) is 18.0 Å². The Balaban J connectivity index is 1.15. The zero-order valence-corrected chi connectivity index (χ0v) is 19.9. The minimum absolute atomic E-state index is 0.00665. The van der Waals surface area contributed by atoms with E-state index >= 15 is 0 Å². The molecule has 180 valence electrons. The first-order valence-corrected chi connectivity index (χ1v) is 12.9. The lowest BCUT2D eigenvalue weighted by molar-refractivity contribution is -0.125. The summed E-state index contributed by atoms with van der Waals surface area (Å²) in [6, 6.07) is 19.8. The predicted octanol–water partition coefficient (Wildman–Crippen LogP) is 3.40. The molecule has 0 spiro atoms. The van der Waals surface area contributed by atoms with Crippen LogP contribution in [-0.4, -0.2) is 73.0 Å². The second-order valence-corrected chi connectivity index (χ2v) is 9.90. The highest BCUT2D eigenvalue weighted by Crippen LogP contribution is 2.40. The number of nitrogens with one attached hydrogen (secondary N) is 1. The van der Waals surface area contributed by atoms with Gasteiger partial charge in [-0.3, -0.25) is 14.5 Å². The van der Waals surface area contributed by atoms with Crippen molar-refractivity contribution in [3.05, 3.63) is 66.2 Å². The number of fused-ring (bicyclic) bond motifs is 1. The molecule has 6 heteroatoms. The van der Waals surface area contributed by atoms with Crippen LogP contribution in [0.1, 0.15) is 42.5 Å². The molecule has 2 aromatic carbocycles. The molecular weight excluding hydrogens is 424 g/mol. The van der Waals surface area contributed by atoms with Gasteiger partial charge in [-0.1, -0.05) is 49.2 Å². The lowest BCUT2D eigenvalue weighted by Gasteiger charge is -2.36. The van der Waals surface area contributed by atoms with Gasteiger partial charge in [-0.15, -0.1) is 0 Å². The van der Waals surface area contributed by atoms with Crippen LogP contribution in [0.2, 0.25) is 0 Å². The first-order valence-electron chi connectivity index (χ1n) is 12.9. The maximum absolute atomic E-state index is 13.4. The number of amides is 2. The normalized spacial score (nSPS) is 25.1. The number of carbonyl (C=O) groups excluding carboxylic acids is 2. The molecular formula is C28H36N4O2. The molecule has 3 unspecified atom stereocenters. The van der Waals surface area contributed by atoms with E-state index < -0.39 is 0 Å². The standard InChI is InChI=1S/C28H36N4O2/c33-27(29-15-16-30-17-19-31(20-18-30)24-12-5-2-6-13-24)26-21-23-11-7-8-14-25(23)32(26)28(34)22-9-3-1-4-10-22/h1-6,9-10,12-13,23,25-26H,7-8,11,14-21H2,(H,29,33). The fourth-order valence-electron chi connectivity index (χ4n) is 6.04. The molecule has 0 bridgehead atoms. The van der Waals surface area contributed by atoms with Crippen LogP contribution in [0.5, 0.6) is 0 Å². The van der Waals surface area contributed by atoms with Crippen LogP contribution in [-0.2, 0) is 4.79 Å². The van der Waals surface area contributed by atoms with Crippen molar-refractivity contribution in [2.75, 3.05) is 44.2 Å². The minimum atomic E-state index is -0.351. The van der Waals surface area contributed by atoms with Crippen LogP contribution in [0.4, 0.5) is 5.69 Å². The summed E-state index contributed by atoms with van der Waals surface area (Å²) in [4.78, 5) is 33.5. The Morgan fingerprint density at radius 3 is 2.26 bits per heavy atom. The third kappa shape index (κ3) is 4.97. The Morgan fingerprint density at radius 2 is 1.53 bits per heavy atom. The SMILES string of the molecule is O=C(NCCN1CCN(c2ccccc2)CC1)C1CC2CCCCC2N1C(=O)c1ccccc1. The van der Waals surface area contributed by atoms with E-state index in [-0.39, 0.29) is 23.9 Å². The number of anilines is 1. The number of nitrogens with zero attached hydrogens (tertiary/aromatic N) is 3. The monoisotopic (exact) mass is 460 g/mol. The molecule has 2 heterocycles. The average molecular weight is 461 g/mol. The molecule has 34 heavy (non-hydrogen) atoms. The van der Waals surface area contributed by atoms with Crippen LogP contribution in [0, 0.1) is 5.92 Å². The lowest BCUT2D eigenvalue weighted by atomic mass is 9.84. The molecule has 3 aliphatic rings. The average Bonchev–Trinajstić information content (AvgIpc) is 3.29. The van der Waals surface area contributed by atoms with Gasteiger partial charge >= 0.3 is 0 Å². The minimum Gasteiger partial charge on any atom is -0.369 e. The fraction of sp³-hybridized carbons (Fsp3) is 0.500. The first kappa shape index (κ1) is 22.9. The largest absolute Gasteiger partial charge is 0.369 e. The number of carbonyl (C=O) groups is 2. The van der Waals surface area contributed by atoms with Gasteiger partial charge in [0.05, 0.1) is 0 Å². The summed E-state index contributed by atoms with van der Waals surface area (Å²) in [5.74, 6) is 0.469. The second kappa shape index (κ2) is 10.6. The third-order valence-corrected chi connectivity index (χ3v) is 7.87. The van der Waals surface area contributed by atoms with Crippen LogP contribution in [0.15, 0.2) is 60.7 Å². The number of hydrogen-bond acceptors (Lipinski definition) is 4. The van der Waals surface area contributed by atoms with Crippen molar-refractivity contribution >= 4 is 17.5 Å². The first-order chi connectivity index (χ1) is 16.7. The summed E-state index contributed by atoms with van der Waals surface area (Å²) >= 11 is 0. The lowest BCUT2D eigenvalue weighted by Crippen LogP contribution is -2.52. The summed E-state index contributed by atoms with van der Waals surface area (Å²) in [6.07, 6.45) is 5.28. The molecule has 1 N–H and O–H groups in total. The molecule has 6 nitrogen and oxygen atoms in total. The third-order valence-electron chi connectivity index (χ3n) is 7.87. The molecule has 1 aliphatic carbocycles. The molecule has 2 amide bonds. The number of para-hydroxylation sites is 1. The van der Waals surface area contributed by atoms with Crippen molar-refractivity contribution in [1.82, 2.24) is 15.1 Å². The van der Waals surface area contributed by atoms with E-state index in [1.165, 1.54) is 12.1 Å². The molecule has 3 atom stereocenters. The summed E-state index contributed by atoms with van der Waals surface area (Å²) < 4.78 is 0. The Bertz CT molecular complexity index is 959. The van der Waals surface area contributed by atoms with Crippen molar-refractivity contribution in [3.8, 4) is 0 Å². The van der Waals surface area contributed by atoms with Crippen molar-refractivity contribution < 1.29 is 9.59 Å². The van der Waals surface area contributed by atoms with E-state index in [9.17, 15) is 9.59 Å². The fourth-order valence-corrected chi connectivity index (χ4v) is 6.04. The predicted molar refractivity (Wildman–Crippen MR) is 135 cm³/mol. The highest BCUT2D eigenvalue weighted by atomic mass is 16.2. The van der Waals surface area contributed by atoms with Gasteiger partial charge in [0.25, 0.3) is 5.91 Å². The van der Waals surface area contributed by atoms with Gasteiger partial charge in [-0.2, -0.15) is 0 Å². The van der Waals surface area contributed by atoms with E-state index in [4.69, 9.17) is 0 Å². The van der Waals surface area contributed by atoms with Gasteiger partial charge in [0.15, 0.2) is 0 Å². The summed E-state index contributed by atoms with van der Waals surface area (Å²) in [5, 5.41) is 3.17. The molecule has 2 aliphatic heterocycles. The van der Waals surface area contributed by atoms with E-state index in [2.05, 4.69) is 45.4 Å². The Labute approximate surface area is 202 Å². The number of likely N-dealkylation sites (tertiary alicyclic amines) is 1. The highest BCUT2D eigenvalue weighted by molar-refractivity contribution is 5.98. The van der Waals surface area contributed by atoms with Crippen molar-refractivity contribution in [1.29, 1.82) is 0 Å². The van der Waals surface area contributed by atoms with E-state index in [1.807, 2.05) is 35.2 Å².